The number of piperidine rings is 1. The molecule has 1 heterocycles. The van der Waals surface area contributed by atoms with E-state index in [0.29, 0.717) is 11.3 Å². The first kappa shape index (κ1) is 15.3. The number of urea groups is 1. The summed E-state index contributed by atoms with van der Waals surface area (Å²) < 4.78 is 0. The van der Waals surface area contributed by atoms with Crippen LogP contribution < -0.4 is 10.6 Å². The van der Waals surface area contributed by atoms with Crippen molar-refractivity contribution in [2.24, 2.45) is 0 Å². The first-order chi connectivity index (χ1) is 10.0. The molecule has 2 rings (SSSR count). The number of carbonyl (C=O) groups excluding carboxylic acids is 1. The third-order valence-corrected chi connectivity index (χ3v) is 3.98. The molecular formula is C15H21N3O3. The van der Waals surface area contributed by atoms with E-state index in [2.05, 4.69) is 10.6 Å². The van der Waals surface area contributed by atoms with Crippen LogP contribution in [0.1, 0.15) is 28.8 Å². The monoisotopic (exact) mass is 291 g/mol. The van der Waals surface area contributed by atoms with Crippen molar-refractivity contribution in [2.45, 2.75) is 25.8 Å². The summed E-state index contributed by atoms with van der Waals surface area (Å²) in [6.07, 6.45) is 1.86. The topological polar surface area (TPSA) is 81.7 Å². The molecule has 1 fully saturated rings. The van der Waals surface area contributed by atoms with Crippen LogP contribution in [-0.2, 0) is 0 Å². The van der Waals surface area contributed by atoms with Crippen molar-refractivity contribution in [3.63, 3.8) is 0 Å². The molecule has 0 atom stereocenters. The number of amides is 2. The van der Waals surface area contributed by atoms with Crippen LogP contribution in [0.15, 0.2) is 18.2 Å². The molecule has 0 spiro atoms. The van der Waals surface area contributed by atoms with E-state index < -0.39 is 5.97 Å². The van der Waals surface area contributed by atoms with Gasteiger partial charge in [-0.3, -0.25) is 0 Å². The first-order valence-corrected chi connectivity index (χ1v) is 7.08. The number of carboxylic acid groups (broad SMARTS) is 1. The SMILES string of the molecule is Cc1c(NC(=O)N(C)C2CCNCC2)cccc1C(=O)O. The van der Waals surface area contributed by atoms with Gasteiger partial charge in [-0.25, -0.2) is 9.59 Å². The van der Waals surface area contributed by atoms with Crippen molar-refractivity contribution in [3.05, 3.63) is 29.3 Å². The molecule has 0 radical (unpaired) electrons. The maximum atomic E-state index is 12.3. The van der Waals surface area contributed by atoms with E-state index >= 15 is 0 Å². The average Bonchev–Trinajstić information content (AvgIpc) is 2.49. The molecule has 1 saturated heterocycles. The van der Waals surface area contributed by atoms with E-state index in [1.54, 1.807) is 31.0 Å². The number of hydrogen-bond acceptors (Lipinski definition) is 3. The van der Waals surface area contributed by atoms with Gasteiger partial charge in [0.15, 0.2) is 0 Å². The molecule has 3 N–H and O–H groups in total. The standard InChI is InChI=1S/C15H21N3O3/c1-10-12(14(19)20)4-3-5-13(10)17-15(21)18(2)11-6-8-16-9-7-11/h3-5,11,16H,6-9H2,1-2H3,(H,17,21)(H,19,20). The number of anilines is 1. The fourth-order valence-electron chi connectivity index (χ4n) is 2.57. The Morgan fingerprint density at radius 1 is 1.33 bits per heavy atom. The van der Waals surface area contributed by atoms with Gasteiger partial charge < -0.3 is 20.6 Å². The van der Waals surface area contributed by atoms with Gasteiger partial charge in [-0.05, 0) is 50.6 Å². The zero-order valence-corrected chi connectivity index (χ0v) is 12.3. The first-order valence-electron chi connectivity index (χ1n) is 7.08. The summed E-state index contributed by atoms with van der Waals surface area (Å²) in [6, 6.07) is 4.90. The quantitative estimate of drug-likeness (QED) is 0.794. The highest BCUT2D eigenvalue weighted by atomic mass is 16.4. The summed E-state index contributed by atoms with van der Waals surface area (Å²) >= 11 is 0. The number of rotatable bonds is 3. The van der Waals surface area contributed by atoms with E-state index in [1.807, 2.05) is 0 Å². The normalized spacial score (nSPS) is 15.5. The molecule has 0 aliphatic carbocycles. The van der Waals surface area contributed by atoms with Crippen LogP contribution >= 0.6 is 0 Å². The summed E-state index contributed by atoms with van der Waals surface area (Å²) in [5.74, 6) is -0.990. The van der Waals surface area contributed by atoms with Crippen molar-refractivity contribution >= 4 is 17.7 Å². The molecule has 0 aromatic heterocycles. The minimum absolute atomic E-state index is 0.201. The Bertz CT molecular complexity index is 539. The van der Waals surface area contributed by atoms with E-state index in [1.165, 1.54) is 6.07 Å². The van der Waals surface area contributed by atoms with Crippen LogP contribution in [0.5, 0.6) is 0 Å². The van der Waals surface area contributed by atoms with Crippen LogP contribution in [0, 0.1) is 6.92 Å². The van der Waals surface area contributed by atoms with Crippen LogP contribution in [0.4, 0.5) is 10.5 Å². The minimum atomic E-state index is -0.990. The molecule has 114 valence electrons. The van der Waals surface area contributed by atoms with Crippen LogP contribution in [0.3, 0.4) is 0 Å². The molecule has 1 aliphatic rings. The number of hydrogen-bond donors (Lipinski definition) is 3. The van der Waals surface area contributed by atoms with Gasteiger partial charge >= 0.3 is 12.0 Å². The van der Waals surface area contributed by atoms with Gasteiger partial charge in [0.1, 0.15) is 0 Å². The lowest BCUT2D eigenvalue weighted by Crippen LogP contribution is -2.45. The Balaban J connectivity index is 2.08. The average molecular weight is 291 g/mol. The van der Waals surface area contributed by atoms with Crippen molar-refractivity contribution in [2.75, 3.05) is 25.5 Å². The Morgan fingerprint density at radius 2 is 2.00 bits per heavy atom. The fraction of sp³-hybridized carbons (Fsp3) is 0.467. The second kappa shape index (κ2) is 6.58. The van der Waals surface area contributed by atoms with Crippen molar-refractivity contribution < 1.29 is 14.7 Å². The summed E-state index contributed by atoms with van der Waals surface area (Å²) in [7, 11) is 1.78. The molecule has 0 saturated carbocycles. The molecule has 1 aromatic carbocycles. The van der Waals surface area contributed by atoms with Crippen LogP contribution in [0.2, 0.25) is 0 Å². The predicted molar refractivity (Wildman–Crippen MR) is 80.8 cm³/mol. The lowest BCUT2D eigenvalue weighted by Gasteiger charge is -2.31. The van der Waals surface area contributed by atoms with Crippen LogP contribution in [0.25, 0.3) is 0 Å². The highest BCUT2D eigenvalue weighted by Crippen LogP contribution is 2.20. The third-order valence-electron chi connectivity index (χ3n) is 3.98. The Kier molecular flexibility index (Phi) is 4.80. The Hall–Kier alpha value is -2.08. The summed E-state index contributed by atoms with van der Waals surface area (Å²) in [5, 5.41) is 15.2. The number of aromatic carboxylic acids is 1. The largest absolute Gasteiger partial charge is 0.478 e. The Morgan fingerprint density at radius 3 is 2.62 bits per heavy atom. The zero-order chi connectivity index (χ0) is 15.4. The van der Waals surface area contributed by atoms with Gasteiger partial charge in [0.2, 0.25) is 0 Å². The minimum Gasteiger partial charge on any atom is -0.478 e. The molecule has 6 heteroatoms. The lowest BCUT2D eigenvalue weighted by molar-refractivity contribution is 0.0696. The van der Waals surface area contributed by atoms with Crippen molar-refractivity contribution in [1.82, 2.24) is 10.2 Å². The Labute approximate surface area is 124 Å². The highest BCUT2D eigenvalue weighted by Gasteiger charge is 2.22. The van der Waals surface area contributed by atoms with Crippen molar-refractivity contribution in [1.29, 1.82) is 0 Å². The molecule has 1 aliphatic heterocycles. The molecule has 0 bridgehead atoms. The molecule has 6 nitrogen and oxygen atoms in total. The third kappa shape index (κ3) is 3.52. The lowest BCUT2D eigenvalue weighted by atomic mass is 10.1. The number of benzene rings is 1. The van der Waals surface area contributed by atoms with Crippen LogP contribution in [-0.4, -0.2) is 48.2 Å². The van der Waals surface area contributed by atoms with Gasteiger partial charge in [-0.2, -0.15) is 0 Å². The zero-order valence-electron chi connectivity index (χ0n) is 12.3. The molecule has 2 amide bonds. The maximum absolute atomic E-state index is 12.3. The van der Waals surface area contributed by atoms with Gasteiger partial charge in [0.25, 0.3) is 0 Å². The molecule has 21 heavy (non-hydrogen) atoms. The summed E-state index contributed by atoms with van der Waals surface area (Å²) in [5.41, 5.74) is 1.31. The second-order valence-corrected chi connectivity index (χ2v) is 5.31. The summed E-state index contributed by atoms with van der Waals surface area (Å²) in [4.78, 5) is 25.1. The number of carboxylic acids is 1. The van der Waals surface area contributed by atoms with E-state index in [9.17, 15) is 9.59 Å². The number of nitrogens with one attached hydrogen (secondary N) is 2. The van der Waals surface area contributed by atoms with E-state index in [0.717, 1.165) is 25.9 Å². The van der Waals surface area contributed by atoms with E-state index in [-0.39, 0.29) is 17.6 Å². The smallest absolute Gasteiger partial charge is 0.336 e. The molecule has 1 aromatic rings. The van der Waals surface area contributed by atoms with Gasteiger partial charge in [-0.15, -0.1) is 0 Å². The van der Waals surface area contributed by atoms with Gasteiger partial charge in [0, 0.05) is 18.8 Å². The second-order valence-electron chi connectivity index (χ2n) is 5.31. The summed E-state index contributed by atoms with van der Waals surface area (Å²) in [6.45, 7) is 3.52. The molecular weight excluding hydrogens is 270 g/mol. The molecule has 0 unspecified atom stereocenters. The van der Waals surface area contributed by atoms with Gasteiger partial charge in [-0.1, -0.05) is 6.07 Å². The number of nitrogens with zero attached hydrogens (tertiary/aromatic N) is 1. The van der Waals surface area contributed by atoms with E-state index in [4.69, 9.17) is 5.11 Å². The highest BCUT2D eigenvalue weighted by molar-refractivity contribution is 5.95. The fourth-order valence-corrected chi connectivity index (χ4v) is 2.57. The van der Waals surface area contributed by atoms with Crippen molar-refractivity contribution in [3.8, 4) is 0 Å². The van der Waals surface area contributed by atoms with Gasteiger partial charge in [0.05, 0.1) is 5.56 Å². The maximum Gasteiger partial charge on any atom is 0.336 e. The number of carbonyl (C=O) groups is 2. The predicted octanol–water partition coefficient (Wildman–Crippen LogP) is 1.91.